The quantitative estimate of drug-likeness (QED) is 0.345. The van der Waals surface area contributed by atoms with Gasteiger partial charge in [0.05, 0.1) is 0 Å². The number of piperazine rings is 1. The molecule has 1 rings (SSSR count). The van der Waals surface area contributed by atoms with Crippen molar-refractivity contribution in [3.63, 3.8) is 0 Å². The van der Waals surface area contributed by atoms with Gasteiger partial charge in [-0.3, -0.25) is 0 Å². The van der Waals surface area contributed by atoms with Gasteiger partial charge in [-0.05, 0) is 72.8 Å². The Bertz CT molecular complexity index is 377. The van der Waals surface area contributed by atoms with Crippen LogP contribution >= 0.6 is 0 Å². The van der Waals surface area contributed by atoms with Crippen LogP contribution < -0.4 is 0 Å². The molecule has 1 aliphatic rings. The number of nitrogens with zero attached hydrogens (tertiary/aromatic N) is 2. The summed E-state index contributed by atoms with van der Waals surface area (Å²) in [5.74, 6) is 0. The zero-order chi connectivity index (χ0) is 20.9. The maximum absolute atomic E-state index is 5.97. The minimum atomic E-state index is -2.48. The Morgan fingerprint density at radius 3 is 1.39 bits per heavy atom. The van der Waals surface area contributed by atoms with Gasteiger partial charge < -0.3 is 27.5 Å². The van der Waals surface area contributed by atoms with Crippen molar-refractivity contribution in [3.05, 3.63) is 0 Å². The molecule has 0 amide bonds. The first-order valence-corrected chi connectivity index (χ1v) is 16.5. The lowest BCUT2D eigenvalue weighted by Gasteiger charge is -2.36. The molecule has 0 bridgehead atoms. The minimum absolute atomic E-state index is 0.661. The molecule has 8 heteroatoms. The van der Waals surface area contributed by atoms with Gasteiger partial charge in [0.15, 0.2) is 8.32 Å². The van der Waals surface area contributed by atoms with Crippen molar-refractivity contribution in [1.29, 1.82) is 0 Å². The highest BCUT2D eigenvalue weighted by Crippen LogP contribution is 2.19. The van der Waals surface area contributed by atoms with E-state index in [1.54, 1.807) is 0 Å². The molecule has 0 saturated carbocycles. The Morgan fingerprint density at radius 2 is 1.00 bits per heavy atom. The molecule has 0 atom stereocenters. The van der Waals surface area contributed by atoms with Crippen LogP contribution in [0.15, 0.2) is 0 Å². The van der Waals surface area contributed by atoms with E-state index in [-0.39, 0.29) is 0 Å². The van der Waals surface area contributed by atoms with Gasteiger partial charge in [-0.2, -0.15) is 0 Å². The third-order valence-electron chi connectivity index (χ3n) is 5.30. The highest BCUT2D eigenvalue weighted by molar-refractivity contribution is 6.71. The Balaban J connectivity index is 2.27. The van der Waals surface area contributed by atoms with E-state index in [1.807, 2.05) is 20.8 Å². The SMILES string of the molecule is CCO[Si](C)(C)CCCN1CCN(CCC[Si](OCC)(OCC)OCC)CC1. The predicted molar refractivity (Wildman–Crippen MR) is 121 cm³/mol. The molecule has 1 fully saturated rings. The molecular weight excluding hydrogens is 388 g/mol. The average Bonchev–Trinajstić information content (AvgIpc) is 2.63. The maximum Gasteiger partial charge on any atom is 0.500 e. The number of rotatable bonds is 16. The van der Waals surface area contributed by atoms with Gasteiger partial charge in [0.1, 0.15) is 0 Å². The second-order valence-electron chi connectivity index (χ2n) is 8.07. The van der Waals surface area contributed by atoms with E-state index in [1.165, 1.54) is 45.2 Å². The topological polar surface area (TPSA) is 43.4 Å². The van der Waals surface area contributed by atoms with Crippen LogP contribution in [0.5, 0.6) is 0 Å². The van der Waals surface area contributed by atoms with Crippen LogP contribution in [0.3, 0.4) is 0 Å². The molecule has 1 saturated heterocycles. The molecule has 1 aliphatic heterocycles. The molecule has 0 aliphatic carbocycles. The van der Waals surface area contributed by atoms with E-state index in [9.17, 15) is 0 Å². The summed E-state index contributed by atoms with van der Waals surface area (Å²) in [5, 5.41) is 0. The second-order valence-corrected chi connectivity index (χ2v) is 15.1. The summed E-state index contributed by atoms with van der Waals surface area (Å²) in [5.41, 5.74) is 0. The second kappa shape index (κ2) is 14.2. The van der Waals surface area contributed by atoms with Gasteiger partial charge >= 0.3 is 8.80 Å². The fraction of sp³-hybridized carbons (Fsp3) is 1.00. The summed E-state index contributed by atoms with van der Waals surface area (Å²) in [6.45, 7) is 22.7. The lowest BCUT2D eigenvalue weighted by Crippen LogP contribution is -2.48. The summed E-state index contributed by atoms with van der Waals surface area (Å²) in [4.78, 5) is 5.20. The van der Waals surface area contributed by atoms with Gasteiger partial charge in [-0.25, -0.2) is 0 Å². The van der Waals surface area contributed by atoms with E-state index < -0.39 is 17.1 Å². The van der Waals surface area contributed by atoms with Crippen molar-refractivity contribution >= 4 is 17.1 Å². The lowest BCUT2D eigenvalue weighted by atomic mass is 10.3. The standard InChI is InChI=1S/C20H46N2O4Si2/c1-7-23-27(5,6)19-11-13-21-15-17-22(18-16-21)14-12-20-28(24-8-2,25-9-3)26-10-4/h7-20H2,1-6H3. The average molecular weight is 435 g/mol. The van der Waals surface area contributed by atoms with Gasteiger partial charge in [-0.15, -0.1) is 0 Å². The zero-order valence-corrected chi connectivity index (χ0v) is 21.4. The normalized spacial score (nSPS) is 17.4. The molecule has 0 radical (unpaired) electrons. The van der Waals surface area contributed by atoms with Crippen molar-refractivity contribution in [2.24, 2.45) is 0 Å². The molecule has 28 heavy (non-hydrogen) atoms. The monoisotopic (exact) mass is 434 g/mol. The van der Waals surface area contributed by atoms with E-state index >= 15 is 0 Å². The molecule has 0 spiro atoms. The van der Waals surface area contributed by atoms with E-state index in [4.69, 9.17) is 17.7 Å². The third-order valence-corrected chi connectivity index (χ3v) is 11.1. The molecule has 0 unspecified atom stereocenters. The van der Waals surface area contributed by atoms with Crippen molar-refractivity contribution in [2.75, 3.05) is 65.7 Å². The van der Waals surface area contributed by atoms with Crippen LogP contribution in [0.25, 0.3) is 0 Å². The maximum atomic E-state index is 5.97. The summed E-state index contributed by atoms with van der Waals surface area (Å²) in [6, 6.07) is 2.18. The van der Waals surface area contributed by atoms with Crippen LogP contribution in [0, 0.1) is 0 Å². The fourth-order valence-electron chi connectivity index (χ4n) is 3.95. The van der Waals surface area contributed by atoms with Crippen LogP contribution in [-0.4, -0.2) is 92.6 Å². The molecule has 0 aromatic heterocycles. The van der Waals surface area contributed by atoms with Crippen LogP contribution in [0.4, 0.5) is 0 Å². The first-order chi connectivity index (χ1) is 13.4. The number of hydrogen-bond donors (Lipinski definition) is 0. The van der Waals surface area contributed by atoms with Gasteiger partial charge in [0.25, 0.3) is 0 Å². The first-order valence-electron chi connectivity index (χ1n) is 11.4. The van der Waals surface area contributed by atoms with E-state index in [2.05, 4.69) is 29.8 Å². The zero-order valence-electron chi connectivity index (χ0n) is 19.4. The Hall–Kier alpha value is 0.194. The lowest BCUT2D eigenvalue weighted by molar-refractivity contribution is 0.0687. The summed E-state index contributed by atoms with van der Waals surface area (Å²) in [7, 11) is -3.91. The smallest absolute Gasteiger partial charge is 0.418 e. The highest BCUT2D eigenvalue weighted by atomic mass is 28.4. The minimum Gasteiger partial charge on any atom is -0.418 e. The highest BCUT2D eigenvalue weighted by Gasteiger charge is 2.39. The third kappa shape index (κ3) is 10.3. The van der Waals surface area contributed by atoms with Crippen molar-refractivity contribution in [3.8, 4) is 0 Å². The molecule has 168 valence electrons. The molecule has 1 heterocycles. The first kappa shape index (κ1) is 26.2. The van der Waals surface area contributed by atoms with Crippen molar-refractivity contribution in [1.82, 2.24) is 9.80 Å². The van der Waals surface area contributed by atoms with E-state index in [0.717, 1.165) is 25.6 Å². The molecule has 0 aromatic rings. The van der Waals surface area contributed by atoms with Crippen LogP contribution in [0.1, 0.15) is 40.5 Å². The van der Waals surface area contributed by atoms with E-state index in [0.29, 0.717) is 19.8 Å². The Labute approximate surface area is 176 Å². The predicted octanol–water partition coefficient (Wildman–Crippen LogP) is 3.67. The molecule has 0 aromatic carbocycles. The summed E-state index contributed by atoms with van der Waals surface area (Å²) >= 11 is 0. The van der Waals surface area contributed by atoms with Gasteiger partial charge in [0, 0.05) is 58.7 Å². The summed E-state index contributed by atoms with van der Waals surface area (Å²) < 4.78 is 23.8. The molecule has 6 nitrogen and oxygen atoms in total. The van der Waals surface area contributed by atoms with Crippen molar-refractivity contribution in [2.45, 2.75) is 65.7 Å². The largest absolute Gasteiger partial charge is 0.500 e. The van der Waals surface area contributed by atoms with Crippen LogP contribution in [0.2, 0.25) is 25.2 Å². The van der Waals surface area contributed by atoms with Gasteiger partial charge in [0.2, 0.25) is 0 Å². The molecular formula is C20H46N2O4Si2. The Kier molecular flexibility index (Phi) is 13.3. The fourth-order valence-corrected chi connectivity index (χ4v) is 8.48. The summed E-state index contributed by atoms with van der Waals surface area (Å²) in [6.07, 6.45) is 2.35. The van der Waals surface area contributed by atoms with Crippen molar-refractivity contribution < 1.29 is 17.7 Å². The number of hydrogen-bond acceptors (Lipinski definition) is 6. The van der Waals surface area contributed by atoms with Gasteiger partial charge in [-0.1, -0.05) is 0 Å². The van der Waals surface area contributed by atoms with Crippen LogP contribution in [-0.2, 0) is 17.7 Å². The molecule has 0 N–H and O–H groups in total. The Morgan fingerprint density at radius 1 is 0.607 bits per heavy atom.